The average molecular weight is 288 g/mol. The fourth-order valence-electron chi connectivity index (χ4n) is 3.73. The lowest BCUT2D eigenvalue weighted by Gasteiger charge is -2.41. The first-order chi connectivity index (χ1) is 10.2. The fourth-order valence-corrected chi connectivity index (χ4v) is 3.73. The van der Waals surface area contributed by atoms with Crippen molar-refractivity contribution in [1.82, 2.24) is 4.90 Å². The van der Waals surface area contributed by atoms with Crippen LogP contribution in [0, 0.1) is 5.41 Å². The van der Waals surface area contributed by atoms with Crippen molar-refractivity contribution in [1.29, 1.82) is 0 Å². The number of likely N-dealkylation sites (tertiary alicyclic amines) is 1. The quantitative estimate of drug-likeness (QED) is 0.910. The second-order valence-electron chi connectivity index (χ2n) is 6.39. The Morgan fingerprint density at radius 1 is 1.24 bits per heavy atom. The van der Waals surface area contributed by atoms with Gasteiger partial charge in [-0.3, -0.25) is 0 Å². The van der Waals surface area contributed by atoms with Crippen molar-refractivity contribution < 1.29 is 9.53 Å². The topological polar surface area (TPSA) is 55.6 Å². The minimum Gasteiger partial charge on any atom is -0.445 e. The largest absolute Gasteiger partial charge is 0.445 e. The highest BCUT2D eigenvalue weighted by Gasteiger charge is 2.43. The molecule has 1 saturated heterocycles. The van der Waals surface area contributed by atoms with E-state index in [2.05, 4.69) is 0 Å². The summed E-state index contributed by atoms with van der Waals surface area (Å²) in [5.74, 6) is 0. The molecule has 1 aromatic rings. The molecule has 21 heavy (non-hydrogen) atoms. The fraction of sp³-hybridized carbons (Fsp3) is 0.588. The van der Waals surface area contributed by atoms with Crippen molar-refractivity contribution in [2.45, 2.75) is 44.8 Å². The van der Waals surface area contributed by atoms with E-state index in [0.29, 0.717) is 12.6 Å². The van der Waals surface area contributed by atoms with Gasteiger partial charge in [-0.2, -0.15) is 0 Å². The third-order valence-corrected chi connectivity index (χ3v) is 5.20. The number of hydrogen-bond acceptors (Lipinski definition) is 3. The molecule has 0 aromatic heterocycles. The third kappa shape index (κ3) is 3.05. The van der Waals surface area contributed by atoms with Crippen LogP contribution in [0.25, 0.3) is 0 Å². The molecule has 1 aromatic carbocycles. The minimum absolute atomic E-state index is 0.194. The van der Waals surface area contributed by atoms with Crippen LogP contribution in [0.3, 0.4) is 0 Å². The maximum Gasteiger partial charge on any atom is 0.410 e. The summed E-state index contributed by atoms with van der Waals surface area (Å²) >= 11 is 0. The number of hydrogen-bond donors (Lipinski definition) is 1. The Morgan fingerprint density at radius 2 is 1.95 bits per heavy atom. The molecule has 1 saturated carbocycles. The summed E-state index contributed by atoms with van der Waals surface area (Å²) in [6.07, 6.45) is 5.45. The number of ether oxygens (including phenoxy) is 1. The second-order valence-corrected chi connectivity index (χ2v) is 6.39. The van der Waals surface area contributed by atoms with Gasteiger partial charge >= 0.3 is 6.09 Å². The molecule has 2 aliphatic rings. The molecule has 0 radical (unpaired) electrons. The van der Waals surface area contributed by atoms with Crippen LogP contribution < -0.4 is 5.73 Å². The third-order valence-electron chi connectivity index (χ3n) is 5.20. The Bertz CT molecular complexity index is 481. The Morgan fingerprint density at radius 3 is 2.57 bits per heavy atom. The van der Waals surface area contributed by atoms with Gasteiger partial charge in [-0.1, -0.05) is 36.8 Å². The van der Waals surface area contributed by atoms with Crippen LogP contribution in [0.5, 0.6) is 0 Å². The average Bonchev–Trinajstić information content (AvgIpc) is 2.87. The van der Waals surface area contributed by atoms with E-state index >= 15 is 0 Å². The number of carbonyl (C=O) groups is 1. The van der Waals surface area contributed by atoms with Gasteiger partial charge in [-0.15, -0.1) is 0 Å². The number of nitrogens with two attached hydrogens (primary N) is 1. The molecule has 1 heterocycles. The summed E-state index contributed by atoms with van der Waals surface area (Å²) in [4.78, 5) is 14.0. The first kappa shape index (κ1) is 14.4. The normalized spacial score (nSPS) is 24.2. The van der Waals surface area contributed by atoms with Crippen LogP contribution in [0.2, 0.25) is 0 Å². The highest BCUT2D eigenvalue weighted by molar-refractivity contribution is 5.67. The minimum atomic E-state index is -0.194. The summed E-state index contributed by atoms with van der Waals surface area (Å²) in [6.45, 7) is 1.91. The molecule has 3 rings (SSSR count). The Hall–Kier alpha value is -1.55. The zero-order valence-electron chi connectivity index (χ0n) is 12.5. The zero-order chi connectivity index (χ0) is 14.7. The molecule has 4 heteroatoms. The predicted octanol–water partition coefficient (Wildman–Crippen LogP) is 2.92. The lowest BCUT2D eigenvalue weighted by Crippen LogP contribution is -2.48. The molecule has 1 spiro atoms. The molecule has 0 unspecified atom stereocenters. The molecular formula is C17H24N2O2. The van der Waals surface area contributed by atoms with Gasteiger partial charge in [0.05, 0.1) is 0 Å². The number of benzene rings is 1. The zero-order valence-corrected chi connectivity index (χ0v) is 12.5. The number of piperidine rings is 1. The second kappa shape index (κ2) is 6.06. The summed E-state index contributed by atoms with van der Waals surface area (Å²) < 4.78 is 5.40. The molecule has 1 aliphatic carbocycles. The van der Waals surface area contributed by atoms with Crippen molar-refractivity contribution >= 4 is 6.09 Å². The van der Waals surface area contributed by atoms with Crippen LogP contribution >= 0.6 is 0 Å². The first-order valence-electron chi connectivity index (χ1n) is 7.91. The van der Waals surface area contributed by atoms with E-state index in [1.54, 1.807) is 0 Å². The van der Waals surface area contributed by atoms with Gasteiger partial charge < -0.3 is 15.4 Å². The van der Waals surface area contributed by atoms with E-state index in [1.807, 2.05) is 35.2 Å². The van der Waals surface area contributed by atoms with Crippen LogP contribution in [-0.2, 0) is 11.3 Å². The van der Waals surface area contributed by atoms with Crippen LogP contribution in [0.1, 0.15) is 37.7 Å². The maximum atomic E-state index is 12.1. The van der Waals surface area contributed by atoms with Crippen molar-refractivity contribution in [2.75, 3.05) is 13.1 Å². The Labute approximate surface area is 126 Å². The molecule has 1 aliphatic heterocycles. The van der Waals surface area contributed by atoms with Gasteiger partial charge in [0.25, 0.3) is 0 Å². The van der Waals surface area contributed by atoms with Gasteiger partial charge in [-0.25, -0.2) is 4.79 Å². The molecule has 0 bridgehead atoms. The first-order valence-corrected chi connectivity index (χ1v) is 7.91. The van der Waals surface area contributed by atoms with Gasteiger partial charge in [0.2, 0.25) is 0 Å². The predicted molar refractivity (Wildman–Crippen MR) is 81.7 cm³/mol. The van der Waals surface area contributed by atoms with Crippen molar-refractivity contribution in [3.63, 3.8) is 0 Å². The SMILES string of the molecule is N[C@H]1CCCC12CCN(C(=O)OCc1ccccc1)CC2. The van der Waals surface area contributed by atoms with Crippen molar-refractivity contribution in [3.05, 3.63) is 35.9 Å². The van der Waals surface area contributed by atoms with Crippen LogP contribution in [-0.4, -0.2) is 30.1 Å². The lowest BCUT2D eigenvalue weighted by molar-refractivity contribution is 0.0579. The summed E-state index contributed by atoms with van der Waals surface area (Å²) in [5, 5.41) is 0. The summed E-state index contributed by atoms with van der Waals surface area (Å²) in [6, 6.07) is 10.1. The standard InChI is InChI=1S/C17H24N2O2/c18-15-7-4-8-17(15)9-11-19(12-10-17)16(20)21-13-14-5-2-1-3-6-14/h1-3,5-6,15H,4,7-13,18H2/t15-/m0/s1. The monoisotopic (exact) mass is 288 g/mol. The Kier molecular flexibility index (Phi) is 4.15. The van der Waals surface area contributed by atoms with E-state index in [1.165, 1.54) is 12.8 Å². The number of carbonyl (C=O) groups excluding carboxylic acids is 1. The molecule has 1 atom stereocenters. The smallest absolute Gasteiger partial charge is 0.410 e. The number of nitrogens with zero attached hydrogens (tertiary/aromatic N) is 1. The Balaban J connectivity index is 1.49. The van der Waals surface area contributed by atoms with Gasteiger partial charge in [0, 0.05) is 19.1 Å². The lowest BCUT2D eigenvalue weighted by atomic mass is 9.74. The van der Waals surface area contributed by atoms with E-state index in [4.69, 9.17) is 10.5 Å². The van der Waals surface area contributed by atoms with Gasteiger partial charge in [0.15, 0.2) is 0 Å². The van der Waals surface area contributed by atoms with Gasteiger partial charge in [-0.05, 0) is 36.7 Å². The molecule has 2 N–H and O–H groups in total. The number of amides is 1. The maximum absolute atomic E-state index is 12.1. The van der Waals surface area contributed by atoms with Crippen molar-refractivity contribution in [3.8, 4) is 0 Å². The number of rotatable bonds is 2. The molecule has 2 fully saturated rings. The summed E-state index contributed by atoms with van der Waals surface area (Å²) in [5.41, 5.74) is 7.58. The highest BCUT2D eigenvalue weighted by atomic mass is 16.6. The summed E-state index contributed by atoms with van der Waals surface area (Å²) in [7, 11) is 0. The van der Waals surface area contributed by atoms with E-state index in [9.17, 15) is 4.79 Å². The van der Waals surface area contributed by atoms with E-state index < -0.39 is 0 Å². The molecule has 4 nitrogen and oxygen atoms in total. The molecular weight excluding hydrogens is 264 g/mol. The van der Waals surface area contributed by atoms with Gasteiger partial charge in [0.1, 0.15) is 6.61 Å². The van der Waals surface area contributed by atoms with Crippen LogP contribution in [0.15, 0.2) is 30.3 Å². The van der Waals surface area contributed by atoms with E-state index in [0.717, 1.165) is 37.9 Å². The molecule has 1 amide bonds. The van der Waals surface area contributed by atoms with Crippen LogP contribution in [0.4, 0.5) is 4.79 Å². The van der Waals surface area contributed by atoms with Crippen molar-refractivity contribution in [2.24, 2.45) is 11.1 Å². The molecule has 114 valence electrons. The highest BCUT2D eigenvalue weighted by Crippen LogP contribution is 2.45. The van der Waals surface area contributed by atoms with E-state index in [-0.39, 0.29) is 11.5 Å².